The lowest BCUT2D eigenvalue weighted by Crippen LogP contribution is -2.45. The molecule has 118 valence electrons. The highest BCUT2D eigenvalue weighted by molar-refractivity contribution is 5.57. The van der Waals surface area contributed by atoms with Gasteiger partial charge in [-0.15, -0.1) is 0 Å². The number of alkyl halides is 3. The van der Waals surface area contributed by atoms with E-state index in [0.29, 0.717) is 0 Å². The molecule has 0 radical (unpaired) electrons. The molecule has 7 nitrogen and oxygen atoms in total. The van der Waals surface area contributed by atoms with Crippen molar-refractivity contribution in [3.63, 3.8) is 0 Å². The standard InChI is InChI=1S/C11H15F3N4O3/c1-16-9(8(7-15-16)18(20)21)17-5-2-3-10(19,4-6-17)11(12,13)14/h7,19H,2-6H2,1H3. The summed E-state index contributed by atoms with van der Waals surface area (Å²) in [5.74, 6) is 0.159. The van der Waals surface area contributed by atoms with E-state index in [1.54, 1.807) is 0 Å². The van der Waals surface area contributed by atoms with Gasteiger partial charge >= 0.3 is 11.9 Å². The molecule has 1 atom stereocenters. The van der Waals surface area contributed by atoms with Gasteiger partial charge in [-0.3, -0.25) is 10.1 Å². The van der Waals surface area contributed by atoms with Crippen LogP contribution >= 0.6 is 0 Å². The van der Waals surface area contributed by atoms with E-state index in [1.165, 1.54) is 16.6 Å². The summed E-state index contributed by atoms with van der Waals surface area (Å²) in [5, 5.41) is 24.5. The van der Waals surface area contributed by atoms with Crippen molar-refractivity contribution < 1.29 is 23.2 Å². The van der Waals surface area contributed by atoms with E-state index in [0.717, 1.165) is 6.20 Å². The number of hydrogen-bond acceptors (Lipinski definition) is 5. The number of halogens is 3. The second-order valence-corrected chi connectivity index (χ2v) is 5.10. The van der Waals surface area contributed by atoms with Gasteiger partial charge in [-0.2, -0.15) is 18.3 Å². The summed E-state index contributed by atoms with van der Waals surface area (Å²) >= 11 is 0. The van der Waals surface area contributed by atoms with Crippen LogP contribution in [0.5, 0.6) is 0 Å². The number of aromatic nitrogens is 2. The molecule has 1 aliphatic heterocycles. The van der Waals surface area contributed by atoms with E-state index in [1.807, 2.05) is 0 Å². The fraction of sp³-hybridized carbons (Fsp3) is 0.727. The van der Waals surface area contributed by atoms with Gasteiger partial charge in [-0.05, 0) is 12.8 Å². The number of nitrogens with zero attached hydrogens (tertiary/aromatic N) is 4. The first-order valence-electron chi connectivity index (χ1n) is 6.36. The molecule has 1 aromatic heterocycles. The smallest absolute Gasteiger partial charge is 0.380 e. The Morgan fingerprint density at radius 1 is 1.43 bits per heavy atom. The van der Waals surface area contributed by atoms with Gasteiger partial charge in [0, 0.05) is 26.6 Å². The molecule has 21 heavy (non-hydrogen) atoms. The molecular weight excluding hydrogens is 293 g/mol. The fourth-order valence-corrected chi connectivity index (χ4v) is 2.53. The predicted molar refractivity (Wildman–Crippen MR) is 66.9 cm³/mol. The number of hydrogen-bond donors (Lipinski definition) is 1. The highest BCUT2D eigenvalue weighted by atomic mass is 19.4. The number of rotatable bonds is 2. The van der Waals surface area contributed by atoms with Crippen molar-refractivity contribution in [2.24, 2.45) is 7.05 Å². The Kier molecular flexibility index (Phi) is 3.83. The molecular formula is C11H15F3N4O3. The Bertz CT molecular complexity index is 545. The molecule has 0 bridgehead atoms. The average molecular weight is 308 g/mol. The van der Waals surface area contributed by atoms with Crippen LogP contribution in [0.2, 0.25) is 0 Å². The minimum absolute atomic E-state index is 0.0817. The van der Waals surface area contributed by atoms with Crippen molar-refractivity contribution in [3.05, 3.63) is 16.3 Å². The van der Waals surface area contributed by atoms with Gasteiger partial charge in [0.15, 0.2) is 5.60 Å². The van der Waals surface area contributed by atoms with Crippen molar-refractivity contribution in [3.8, 4) is 0 Å². The molecule has 2 rings (SSSR count). The molecule has 1 unspecified atom stereocenters. The van der Waals surface area contributed by atoms with Gasteiger partial charge < -0.3 is 10.0 Å². The fourth-order valence-electron chi connectivity index (χ4n) is 2.53. The highest BCUT2D eigenvalue weighted by Gasteiger charge is 2.53. The highest BCUT2D eigenvalue weighted by Crippen LogP contribution is 2.39. The Balaban J connectivity index is 2.25. The third-order valence-electron chi connectivity index (χ3n) is 3.73. The normalized spacial score (nSPS) is 24.0. The minimum atomic E-state index is -4.71. The number of aliphatic hydroxyl groups is 1. The van der Waals surface area contributed by atoms with E-state index in [4.69, 9.17) is 0 Å². The van der Waals surface area contributed by atoms with Crippen LogP contribution in [0.1, 0.15) is 19.3 Å². The van der Waals surface area contributed by atoms with Crippen LogP contribution in [0.4, 0.5) is 24.7 Å². The lowest BCUT2D eigenvalue weighted by molar-refractivity contribution is -0.384. The van der Waals surface area contributed by atoms with Crippen LogP contribution in [0.3, 0.4) is 0 Å². The van der Waals surface area contributed by atoms with Crippen molar-refractivity contribution >= 4 is 11.5 Å². The molecule has 10 heteroatoms. The number of aryl methyl sites for hydroxylation is 1. The van der Waals surface area contributed by atoms with Crippen LogP contribution in [0.25, 0.3) is 0 Å². The molecule has 1 N–H and O–H groups in total. The van der Waals surface area contributed by atoms with Gasteiger partial charge in [0.2, 0.25) is 5.82 Å². The van der Waals surface area contributed by atoms with Gasteiger partial charge in [0.1, 0.15) is 6.20 Å². The maximum Gasteiger partial charge on any atom is 0.417 e. The van der Waals surface area contributed by atoms with Crippen LogP contribution in [0.15, 0.2) is 6.20 Å². The van der Waals surface area contributed by atoms with Crippen molar-refractivity contribution in [1.29, 1.82) is 0 Å². The maximum absolute atomic E-state index is 12.9. The molecule has 0 aliphatic carbocycles. The van der Waals surface area contributed by atoms with Crippen LogP contribution in [-0.4, -0.2) is 44.7 Å². The first-order valence-corrected chi connectivity index (χ1v) is 6.36. The summed E-state index contributed by atoms with van der Waals surface area (Å²) in [5.41, 5.74) is -3.00. The minimum Gasteiger partial charge on any atom is -0.380 e. The third-order valence-corrected chi connectivity index (χ3v) is 3.73. The zero-order valence-corrected chi connectivity index (χ0v) is 11.3. The maximum atomic E-state index is 12.9. The predicted octanol–water partition coefficient (Wildman–Crippen LogP) is 1.61. The zero-order chi connectivity index (χ0) is 15.8. The lowest BCUT2D eigenvalue weighted by atomic mass is 9.94. The molecule has 1 aromatic rings. The molecule has 1 aliphatic rings. The van der Waals surface area contributed by atoms with E-state index < -0.39 is 29.5 Å². The van der Waals surface area contributed by atoms with Crippen molar-refractivity contribution in [2.75, 3.05) is 18.0 Å². The SMILES string of the molecule is Cn1ncc([N+](=O)[O-])c1N1CCCC(O)(C(F)(F)F)CC1. The van der Waals surface area contributed by atoms with Gasteiger partial charge in [0.05, 0.1) is 4.92 Å². The van der Waals surface area contributed by atoms with Crippen LogP contribution in [-0.2, 0) is 7.05 Å². The number of anilines is 1. The Morgan fingerprint density at radius 2 is 2.10 bits per heavy atom. The van der Waals surface area contributed by atoms with Gasteiger partial charge in [-0.25, -0.2) is 4.68 Å². The van der Waals surface area contributed by atoms with E-state index in [9.17, 15) is 28.4 Å². The quantitative estimate of drug-likeness (QED) is 0.663. The molecule has 0 aromatic carbocycles. The largest absolute Gasteiger partial charge is 0.417 e. The average Bonchev–Trinajstić information content (AvgIpc) is 2.62. The Hall–Kier alpha value is -1.84. The van der Waals surface area contributed by atoms with Gasteiger partial charge in [0.25, 0.3) is 0 Å². The molecule has 2 heterocycles. The van der Waals surface area contributed by atoms with Gasteiger partial charge in [-0.1, -0.05) is 0 Å². The number of nitro groups is 1. The first-order chi connectivity index (χ1) is 9.66. The Labute approximate surface area is 118 Å². The topological polar surface area (TPSA) is 84.4 Å². The Morgan fingerprint density at radius 3 is 2.67 bits per heavy atom. The second kappa shape index (κ2) is 5.17. The molecule has 1 saturated heterocycles. The summed E-state index contributed by atoms with van der Waals surface area (Å²) < 4.78 is 39.9. The molecule has 0 spiro atoms. The summed E-state index contributed by atoms with van der Waals surface area (Å²) in [6.07, 6.45) is -4.51. The lowest BCUT2D eigenvalue weighted by Gasteiger charge is -2.29. The monoisotopic (exact) mass is 308 g/mol. The molecule has 0 amide bonds. The summed E-state index contributed by atoms with van der Waals surface area (Å²) in [7, 11) is 1.49. The van der Waals surface area contributed by atoms with E-state index in [-0.39, 0.29) is 31.0 Å². The van der Waals surface area contributed by atoms with E-state index in [2.05, 4.69) is 5.10 Å². The summed E-state index contributed by atoms with van der Waals surface area (Å²) in [6, 6.07) is 0. The third kappa shape index (κ3) is 2.80. The van der Waals surface area contributed by atoms with Crippen molar-refractivity contribution in [2.45, 2.75) is 31.0 Å². The summed E-state index contributed by atoms with van der Waals surface area (Å²) in [4.78, 5) is 11.8. The van der Waals surface area contributed by atoms with Crippen molar-refractivity contribution in [1.82, 2.24) is 9.78 Å². The second-order valence-electron chi connectivity index (χ2n) is 5.10. The zero-order valence-electron chi connectivity index (χ0n) is 11.3. The van der Waals surface area contributed by atoms with Crippen LogP contribution < -0.4 is 4.90 Å². The molecule has 0 saturated carbocycles. The summed E-state index contributed by atoms with van der Waals surface area (Å²) in [6.45, 7) is 0.0646. The van der Waals surface area contributed by atoms with E-state index >= 15 is 0 Å². The first kappa shape index (κ1) is 15.5. The molecule has 1 fully saturated rings. The van der Waals surface area contributed by atoms with Crippen LogP contribution in [0, 0.1) is 10.1 Å².